The lowest BCUT2D eigenvalue weighted by atomic mass is 10.2. The van der Waals surface area contributed by atoms with E-state index in [0.717, 1.165) is 5.56 Å². The largest absolute Gasteiger partial charge is 0.433 e. The van der Waals surface area contributed by atoms with E-state index in [9.17, 15) is 10.1 Å². The van der Waals surface area contributed by atoms with Gasteiger partial charge in [-0.3, -0.25) is 10.1 Å². The smallest absolute Gasteiger partial charge is 0.331 e. The Labute approximate surface area is 110 Å². The molecule has 0 aliphatic rings. The number of para-hydroxylation sites is 1. The molecule has 1 heterocycles. The summed E-state index contributed by atoms with van der Waals surface area (Å²) in [5, 5.41) is 13.8. The van der Waals surface area contributed by atoms with Gasteiger partial charge in [0, 0.05) is 13.1 Å². The van der Waals surface area contributed by atoms with Crippen LogP contribution in [0.2, 0.25) is 0 Å². The molecule has 0 aliphatic heterocycles. The standard InChI is InChI=1S/C13H13N3O3/c1-9-5-3-4-6-11(9)19-13-10(16(17)18)7-8-12(14-2)15-13/h3-8H,1-2H3,(H,14,15). The maximum Gasteiger partial charge on any atom is 0.331 e. The van der Waals surface area contributed by atoms with Crippen LogP contribution in [0.5, 0.6) is 11.6 Å². The van der Waals surface area contributed by atoms with Crippen molar-refractivity contribution in [2.45, 2.75) is 6.92 Å². The van der Waals surface area contributed by atoms with Gasteiger partial charge >= 0.3 is 11.6 Å². The van der Waals surface area contributed by atoms with Gasteiger partial charge in [0.2, 0.25) is 0 Å². The van der Waals surface area contributed by atoms with Gasteiger partial charge in [-0.15, -0.1) is 0 Å². The molecule has 6 nitrogen and oxygen atoms in total. The average molecular weight is 259 g/mol. The molecule has 0 atom stereocenters. The van der Waals surface area contributed by atoms with Gasteiger partial charge in [-0.05, 0) is 24.6 Å². The van der Waals surface area contributed by atoms with E-state index in [0.29, 0.717) is 11.6 Å². The third kappa shape index (κ3) is 2.79. The lowest BCUT2D eigenvalue weighted by Crippen LogP contribution is -2.00. The van der Waals surface area contributed by atoms with Crippen LogP contribution in [0, 0.1) is 17.0 Å². The zero-order valence-corrected chi connectivity index (χ0v) is 10.6. The lowest BCUT2D eigenvalue weighted by Gasteiger charge is -2.09. The Morgan fingerprint density at radius 2 is 2.00 bits per heavy atom. The molecule has 0 unspecified atom stereocenters. The molecule has 0 saturated carbocycles. The van der Waals surface area contributed by atoms with Crippen molar-refractivity contribution < 1.29 is 9.66 Å². The third-order valence-corrected chi connectivity index (χ3v) is 2.59. The molecule has 1 aromatic heterocycles. The fraction of sp³-hybridized carbons (Fsp3) is 0.154. The first-order chi connectivity index (χ1) is 9.11. The van der Waals surface area contributed by atoms with Crippen LogP contribution in [0.4, 0.5) is 11.5 Å². The molecule has 19 heavy (non-hydrogen) atoms. The van der Waals surface area contributed by atoms with E-state index in [1.54, 1.807) is 19.2 Å². The van der Waals surface area contributed by atoms with Gasteiger partial charge < -0.3 is 10.1 Å². The van der Waals surface area contributed by atoms with Gasteiger partial charge in [0.1, 0.15) is 11.6 Å². The highest BCUT2D eigenvalue weighted by atomic mass is 16.6. The first-order valence-electron chi connectivity index (χ1n) is 5.68. The zero-order valence-electron chi connectivity index (χ0n) is 10.6. The van der Waals surface area contributed by atoms with E-state index >= 15 is 0 Å². The molecule has 2 aromatic rings. The van der Waals surface area contributed by atoms with Crippen molar-refractivity contribution in [2.75, 3.05) is 12.4 Å². The lowest BCUT2D eigenvalue weighted by molar-refractivity contribution is -0.386. The van der Waals surface area contributed by atoms with E-state index < -0.39 is 4.92 Å². The van der Waals surface area contributed by atoms with Gasteiger partial charge in [-0.25, -0.2) is 0 Å². The maximum absolute atomic E-state index is 11.0. The number of aryl methyl sites for hydroxylation is 1. The molecule has 6 heteroatoms. The second kappa shape index (κ2) is 5.34. The van der Waals surface area contributed by atoms with Crippen LogP contribution in [-0.4, -0.2) is 17.0 Å². The summed E-state index contributed by atoms with van der Waals surface area (Å²) in [6, 6.07) is 10.2. The molecule has 2 rings (SSSR count). The Morgan fingerprint density at radius 3 is 2.63 bits per heavy atom. The van der Waals surface area contributed by atoms with Crippen LogP contribution in [0.25, 0.3) is 0 Å². The van der Waals surface area contributed by atoms with Crippen molar-refractivity contribution in [2.24, 2.45) is 0 Å². The number of nitrogens with zero attached hydrogens (tertiary/aromatic N) is 2. The van der Waals surface area contributed by atoms with E-state index in [1.807, 2.05) is 19.1 Å². The number of nitro groups is 1. The van der Waals surface area contributed by atoms with Gasteiger partial charge in [0.05, 0.1) is 4.92 Å². The second-order valence-electron chi connectivity index (χ2n) is 3.90. The Bertz CT molecular complexity index is 614. The highest BCUT2D eigenvalue weighted by Crippen LogP contribution is 2.31. The van der Waals surface area contributed by atoms with Crippen LogP contribution < -0.4 is 10.1 Å². The summed E-state index contributed by atoms with van der Waals surface area (Å²) in [6.45, 7) is 1.86. The topological polar surface area (TPSA) is 77.3 Å². The summed E-state index contributed by atoms with van der Waals surface area (Å²) >= 11 is 0. The summed E-state index contributed by atoms with van der Waals surface area (Å²) in [6.07, 6.45) is 0. The Kier molecular flexibility index (Phi) is 3.61. The number of rotatable bonds is 4. The molecule has 0 saturated heterocycles. The SMILES string of the molecule is CNc1ccc([N+](=O)[O-])c(Oc2ccccc2C)n1. The van der Waals surface area contributed by atoms with Crippen molar-refractivity contribution in [1.82, 2.24) is 4.98 Å². The monoisotopic (exact) mass is 259 g/mol. The molecule has 0 radical (unpaired) electrons. The van der Waals surface area contributed by atoms with Crippen LogP contribution in [0.3, 0.4) is 0 Å². The van der Waals surface area contributed by atoms with E-state index in [1.165, 1.54) is 12.1 Å². The van der Waals surface area contributed by atoms with Crippen molar-refractivity contribution in [3.05, 3.63) is 52.1 Å². The van der Waals surface area contributed by atoms with Gasteiger partial charge in [-0.2, -0.15) is 4.98 Å². The fourth-order valence-electron chi connectivity index (χ4n) is 1.56. The van der Waals surface area contributed by atoms with Crippen molar-refractivity contribution in [1.29, 1.82) is 0 Å². The van der Waals surface area contributed by atoms with Crippen molar-refractivity contribution in [3.8, 4) is 11.6 Å². The molecule has 1 N–H and O–H groups in total. The van der Waals surface area contributed by atoms with Gasteiger partial charge in [0.15, 0.2) is 0 Å². The normalized spacial score (nSPS) is 10.0. The number of ether oxygens (including phenoxy) is 1. The first-order valence-corrected chi connectivity index (χ1v) is 5.68. The van der Waals surface area contributed by atoms with E-state index in [2.05, 4.69) is 10.3 Å². The Hall–Kier alpha value is -2.63. The van der Waals surface area contributed by atoms with E-state index in [-0.39, 0.29) is 11.6 Å². The van der Waals surface area contributed by atoms with Crippen molar-refractivity contribution in [3.63, 3.8) is 0 Å². The molecule has 0 aliphatic carbocycles. The van der Waals surface area contributed by atoms with Crippen LogP contribution >= 0.6 is 0 Å². The molecule has 0 spiro atoms. The Balaban J connectivity index is 2.43. The van der Waals surface area contributed by atoms with Gasteiger partial charge in [-0.1, -0.05) is 18.2 Å². The summed E-state index contributed by atoms with van der Waals surface area (Å²) in [4.78, 5) is 14.5. The number of anilines is 1. The predicted molar refractivity (Wildman–Crippen MR) is 71.7 cm³/mol. The Morgan fingerprint density at radius 1 is 1.26 bits per heavy atom. The van der Waals surface area contributed by atoms with Crippen LogP contribution in [0.15, 0.2) is 36.4 Å². The number of aromatic nitrogens is 1. The second-order valence-corrected chi connectivity index (χ2v) is 3.90. The zero-order chi connectivity index (χ0) is 13.8. The van der Waals surface area contributed by atoms with Crippen LogP contribution in [0.1, 0.15) is 5.56 Å². The maximum atomic E-state index is 11.0. The number of pyridine rings is 1. The summed E-state index contributed by atoms with van der Waals surface area (Å²) in [5.74, 6) is 1.03. The molecular weight excluding hydrogens is 246 g/mol. The molecule has 0 fully saturated rings. The minimum absolute atomic E-state index is 0.0221. The average Bonchev–Trinajstić information content (AvgIpc) is 2.41. The summed E-state index contributed by atoms with van der Waals surface area (Å²) in [5.41, 5.74) is 0.718. The molecule has 98 valence electrons. The predicted octanol–water partition coefficient (Wildman–Crippen LogP) is 3.13. The molecular formula is C13H13N3O3. The number of nitrogens with one attached hydrogen (secondary N) is 1. The third-order valence-electron chi connectivity index (χ3n) is 2.59. The fourth-order valence-corrected chi connectivity index (χ4v) is 1.56. The number of hydrogen-bond donors (Lipinski definition) is 1. The summed E-state index contributed by atoms with van der Waals surface area (Å²) in [7, 11) is 1.69. The molecule has 0 amide bonds. The van der Waals surface area contributed by atoms with Gasteiger partial charge in [0.25, 0.3) is 0 Å². The van der Waals surface area contributed by atoms with E-state index in [4.69, 9.17) is 4.74 Å². The number of hydrogen-bond acceptors (Lipinski definition) is 5. The molecule has 0 bridgehead atoms. The minimum Gasteiger partial charge on any atom is -0.433 e. The number of benzene rings is 1. The highest BCUT2D eigenvalue weighted by Gasteiger charge is 2.18. The molecule has 1 aromatic carbocycles. The summed E-state index contributed by atoms with van der Waals surface area (Å²) < 4.78 is 5.55. The van der Waals surface area contributed by atoms with Crippen molar-refractivity contribution >= 4 is 11.5 Å². The van der Waals surface area contributed by atoms with Crippen LogP contribution in [-0.2, 0) is 0 Å². The minimum atomic E-state index is -0.514. The first kappa shape index (κ1) is 12.8. The highest BCUT2D eigenvalue weighted by molar-refractivity contribution is 5.50. The quantitative estimate of drug-likeness (QED) is 0.674.